The molecular weight excluding hydrogens is 480 g/mol. The number of ether oxygens (including phenoxy) is 1. The van der Waals surface area contributed by atoms with Crippen LogP contribution in [0.15, 0.2) is 77.9 Å². The summed E-state index contributed by atoms with van der Waals surface area (Å²) in [6, 6.07) is 14.0. The van der Waals surface area contributed by atoms with Crippen molar-refractivity contribution in [2.24, 2.45) is 0 Å². The molecule has 2 aromatic heterocycles. The van der Waals surface area contributed by atoms with E-state index < -0.39 is 23.1 Å². The Hall–Kier alpha value is -4.86. The zero-order valence-electron chi connectivity index (χ0n) is 19.8. The molecule has 0 radical (unpaired) electrons. The molecule has 1 amide bonds. The van der Waals surface area contributed by atoms with Crippen LogP contribution >= 0.6 is 0 Å². The van der Waals surface area contributed by atoms with Gasteiger partial charge in [0.05, 0.1) is 11.4 Å². The van der Waals surface area contributed by atoms with Crippen molar-refractivity contribution < 1.29 is 18.3 Å². The molecule has 0 fully saturated rings. The van der Waals surface area contributed by atoms with E-state index >= 15 is 0 Å². The Labute approximate surface area is 211 Å². The molecule has 2 aromatic carbocycles. The number of rotatable bonds is 9. The van der Waals surface area contributed by atoms with Crippen molar-refractivity contribution in [3.05, 3.63) is 106 Å². The lowest BCUT2D eigenvalue weighted by atomic mass is 10.1. The summed E-state index contributed by atoms with van der Waals surface area (Å²) >= 11 is 0. The highest BCUT2D eigenvalue weighted by Crippen LogP contribution is 2.29. The molecule has 2 heterocycles. The van der Waals surface area contributed by atoms with E-state index in [1.54, 1.807) is 24.4 Å². The van der Waals surface area contributed by atoms with Crippen molar-refractivity contribution in [1.82, 2.24) is 9.55 Å². The maximum Gasteiger partial charge on any atom is 0.270 e. The monoisotopic (exact) mass is 503 g/mol. The van der Waals surface area contributed by atoms with Gasteiger partial charge in [0.1, 0.15) is 17.1 Å². The fourth-order valence-corrected chi connectivity index (χ4v) is 3.64. The van der Waals surface area contributed by atoms with Crippen LogP contribution in [0.25, 0.3) is 5.69 Å². The molecule has 0 saturated carbocycles. The lowest BCUT2D eigenvalue weighted by molar-refractivity contribution is 0.102. The van der Waals surface area contributed by atoms with Gasteiger partial charge in [0.25, 0.3) is 11.5 Å². The third-order valence-corrected chi connectivity index (χ3v) is 5.34. The number of amides is 1. The molecule has 0 bridgehead atoms. The Morgan fingerprint density at radius 2 is 1.89 bits per heavy atom. The molecule has 0 aliphatic carbocycles. The number of aromatic nitrogens is 2. The number of hydrogen-bond donors (Lipinski definition) is 3. The van der Waals surface area contributed by atoms with Crippen molar-refractivity contribution in [3.8, 4) is 17.2 Å². The molecule has 0 spiro atoms. The quantitative estimate of drug-likeness (QED) is 0.273. The second kappa shape index (κ2) is 11.3. The lowest BCUT2D eigenvalue weighted by Gasteiger charge is -2.15. The van der Waals surface area contributed by atoms with Gasteiger partial charge < -0.3 is 20.8 Å². The van der Waals surface area contributed by atoms with Gasteiger partial charge in [-0.05, 0) is 61.5 Å². The topological polar surface area (TPSA) is 109 Å². The van der Waals surface area contributed by atoms with Crippen molar-refractivity contribution in [2.75, 3.05) is 17.2 Å². The highest BCUT2D eigenvalue weighted by atomic mass is 19.1. The summed E-state index contributed by atoms with van der Waals surface area (Å²) in [6.07, 6.45) is 4.43. The van der Waals surface area contributed by atoms with Crippen LogP contribution in [-0.4, -0.2) is 28.2 Å². The number of nitrogens with one attached hydrogen (secondary N) is 3. The minimum absolute atomic E-state index is 0.0936. The van der Waals surface area contributed by atoms with Gasteiger partial charge in [-0.2, -0.15) is 0 Å². The highest BCUT2D eigenvalue weighted by molar-refractivity contribution is 6.07. The summed E-state index contributed by atoms with van der Waals surface area (Å²) < 4.78 is 35.1. The van der Waals surface area contributed by atoms with E-state index in [1.165, 1.54) is 53.4 Å². The largest absolute Gasteiger partial charge is 0.452 e. The number of hydrogen-bond acceptors (Lipinski definition) is 6. The number of halogens is 2. The van der Waals surface area contributed by atoms with Crippen molar-refractivity contribution >= 4 is 23.5 Å². The van der Waals surface area contributed by atoms with E-state index in [0.717, 1.165) is 6.07 Å². The molecule has 0 aliphatic rings. The highest BCUT2D eigenvalue weighted by Gasteiger charge is 2.20. The van der Waals surface area contributed by atoms with E-state index in [4.69, 9.17) is 10.1 Å². The summed E-state index contributed by atoms with van der Waals surface area (Å²) in [5, 5.41) is 12.8. The molecule has 188 valence electrons. The fourth-order valence-electron chi connectivity index (χ4n) is 3.64. The fraction of sp³-hybridized carbons (Fsp3) is 0.111. The van der Waals surface area contributed by atoms with Gasteiger partial charge in [0.15, 0.2) is 11.6 Å². The van der Waals surface area contributed by atoms with Crippen LogP contribution in [-0.2, 0) is 6.42 Å². The first kappa shape index (κ1) is 25.2. The Morgan fingerprint density at radius 3 is 2.59 bits per heavy atom. The zero-order valence-corrected chi connectivity index (χ0v) is 19.8. The van der Waals surface area contributed by atoms with Gasteiger partial charge in [-0.15, -0.1) is 0 Å². The summed E-state index contributed by atoms with van der Waals surface area (Å²) in [5.74, 6) is -1.73. The first-order chi connectivity index (χ1) is 17.9. The van der Waals surface area contributed by atoms with E-state index in [-0.39, 0.29) is 23.4 Å². The number of carbonyl (C=O) groups excluding carboxylic acids is 1. The van der Waals surface area contributed by atoms with E-state index in [0.29, 0.717) is 29.4 Å². The molecule has 0 atom stereocenters. The normalized spacial score (nSPS) is 10.6. The van der Waals surface area contributed by atoms with Crippen LogP contribution in [0.1, 0.15) is 23.0 Å². The van der Waals surface area contributed by atoms with Gasteiger partial charge >= 0.3 is 0 Å². The molecule has 10 heteroatoms. The van der Waals surface area contributed by atoms with Gasteiger partial charge in [-0.3, -0.25) is 19.1 Å². The molecule has 0 saturated heterocycles. The first-order valence-electron chi connectivity index (χ1n) is 11.4. The average molecular weight is 504 g/mol. The molecular formula is C27H23F2N5O3. The Balaban J connectivity index is 1.61. The number of carbonyl (C=O) groups is 1. The summed E-state index contributed by atoms with van der Waals surface area (Å²) in [5.41, 5.74) is 0.471. The van der Waals surface area contributed by atoms with Crippen molar-refractivity contribution in [2.45, 2.75) is 13.3 Å². The van der Waals surface area contributed by atoms with Crippen molar-refractivity contribution in [1.29, 1.82) is 5.41 Å². The van der Waals surface area contributed by atoms with Crippen LogP contribution in [0, 0.1) is 17.0 Å². The van der Waals surface area contributed by atoms with Crippen LogP contribution in [0.3, 0.4) is 0 Å². The SMILES string of the molecule is CCNc1ccn(-c2ccc(F)cc2)c(=O)c1C(=O)Nc1ccc(Oc2cccnc2CC=N)c(F)c1. The van der Waals surface area contributed by atoms with Crippen LogP contribution in [0.2, 0.25) is 0 Å². The third kappa shape index (κ3) is 5.69. The number of anilines is 2. The predicted molar refractivity (Wildman–Crippen MR) is 137 cm³/mol. The van der Waals surface area contributed by atoms with E-state index in [1.807, 2.05) is 6.92 Å². The maximum atomic E-state index is 14.9. The number of benzene rings is 2. The molecule has 37 heavy (non-hydrogen) atoms. The second-order valence-corrected chi connectivity index (χ2v) is 7.84. The average Bonchev–Trinajstić information content (AvgIpc) is 2.88. The molecule has 8 nitrogen and oxygen atoms in total. The second-order valence-electron chi connectivity index (χ2n) is 7.84. The van der Waals surface area contributed by atoms with E-state index in [9.17, 15) is 18.4 Å². The number of nitrogens with zero attached hydrogens (tertiary/aromatic N) is 2. The number of pyridine rings is 2. The van der Waals surface area contributed by atoms with Crippen LogP contribution < -0.4 is 20.9 Å². The van der Waals surface area contributed by atoms with Crippen molar-refractivity contribution in [3.63, 3.8) is 0 Å². The van der Waals surface area contributed by atoms with E-state index in [2.05, 4.69) is 15.6 Å². The molecule has 4 rings (SSSR count). The smallest absolute Gasteiger partial charge is 0.270 e. The molecule has 0 unspecified atom stereocenters. The Morgan fingerprint density at radius 1 is 1.11 bits per heavy atom. The summed E-state index contributed by atoms with van der Waals surface area (Å²) in [7, 11) is 0. The Kier molecular flexibility index (Phi) is 7.68. The summed E-state index contributed by atoms with van der Waals surface area (Å²) in [4.78, 5) is 30.5. The molecule has 3 N–H and O–H groups in total. The van der Waals surface area contributed by atoms with Gasteiger partial charge in [0.2, 0.25) is 0 Å². The van der Waals surface area contributed by atoms with Gasteiger partial charge in [-0.1, -0.05) is 0 Å². The Bertz CT molecular complexity index is 1500. The lowest BCUT2D eigenvalue weighted by Crippen LogP contribution is -2.29. The minimum Gasteiger partial charge on any atom is -0.452 e. The van der Waals surface area contributed by atoms with Crippen LogP contribution in [0.5, 0.6) is 11.5 Å². The minimum atomic E-state index is -0.744. The molecule has 4 aromatic rings. The first-order valence-corrected chi connectivity index (χ1v) is 11.4. The van der Waals surface area contributed by atoms with Crippen LogP contribution in [0.4, 0.5) is 20.2 Å². The standard InChI is InChI=1S/C27H23F2N5O3/c1-2-31-22-12-15-34(19-8-5-17(28)6-9-19)27(36)25(22)26(35)33-18-7-10-23(20(29)16-18)37-24-4-3-14-32-21(24)11-13-30/h3-10,12-16,30-31H,2,11H2,1H3,(H,33,35). The molecule has 0 aliphatic heterocycles. The third-order valence-electron chi connectivity index (χ3n) is 5.34. The predicted octanol–water partition coefficient (Wildman–Crippen LogP) is 5.18. The summed E-state index contributed by atoms with van der Waals surface area (Å²) in [6.45, 7) is 2.27. The zero-order chi connectivity index (χ0) is 26.4. The maximum absolute atomic E-state index is 14.9. The van der Waals surface area contributed by atoms with Gasteiger partial charge in [0, 0.05) is 49.0 Å². The van der Waals surface area contributed by atoms with Gasteiger partial charge in [-0.25, -0.2) is 8.78 Å².